The molecule has 0 fully saturated rings. The van der Waals surface area contributed by atoms with Crippen LogP contribution in [0.1, 0.15) is 5.56 Å². The number of rotatable bonds is 6. The summed E-state index contributed by atoms with van der Waals surface area (Å²) < 4.78 is 14.7. The molecule has 0 spiro atoms. The van der Waals surface area contributed by atoms with Gasteiger partial charge < -0.3 is 10.4 Å². The number of aromatic hydroxyl groups is 1. The molecule has 2 N–H and O–H groups in total. The Morgan fingerprint density at radius 2 is 1.91 bits per heavy atom. The number of nitrogens with one attached hydrogen (secondary N) is 1. The first-order chi connectivity index (χ1) is 16.5. The van der Waals surface area contributed by atoms with E-state index in [4.69, 9.17) is 0 Å². The van der Waals surface area contributed by atoms with Crippen LogP contribution in [0.5, 0.6) is 5.75 Å². The molecule has 1 aromatic heterocycles. The molecule has 0 saturated carbocycles. The summed E-state index contributed by atoms with van der Waals surface area (Å²) in [4.78, 5) is 21.3. The van der Waals surface area contributed by atoms with Gasteiger partial charge in [-0.1, -0.05) is 42.1 Å². The van der Waals surface area contributed by atoms with Gasteiger partial charge >= 0.3 is 0 Å². The monoisotopic (exact) mass is 487 g/mol. The summed E-state index contributed by atoms with van der Waals surface area (Å²) in [5, 5.41) is 15.0. The summed E-state index contributed by atoms with van der Waals surface area (Å²) in [6.07, 6.45) is 1.68. The van der Waals surface area contributed by atoms with Gasteiger partial charge in [-0.05, 0) is 59.3 Å². The summed E-state index contributed by atoms with van der Waals surface area (Å²) in [5.74, 6) is -0.155. The Labute approximate surface area is 203 Å². The fourth-order valence-electron chi connectivity index (χ4n) is 3.45. The lowest BCUT2D eigenvalue weighted by Gasteiger charge is -2.04. The van der Waals surface area contributed by atoms with Crippen molar-refractivity contribution in [3.05, 3.63) is 90.2 Å². The average Bonchev–Trinajstić information content (AvgIpc) is 3.26. The maximum absolute atomic E-state index is 13.0. The molecular formula is C26H18FN3O2S2. The summed E-state index contributed by atoms with van der Waals surface area (Å²) in [6, 6.07) is 22.8. The third kappa shape index (κ3) is 4.93. The van der Waals surface area contributed by atoms with Crippen LogP contribution in [0.25, 0.3) is 21.0 Å². The maximum Gasteiger partial charge on any atom is 0.234 e. The molecule has 1 heterocycles. The second kappa shape index (κ2) is 9.62. The SMILES string of the molecule is O=C(CSc1nc2ccc(N=Cc3c(O)ccc4ccccc34)cc2s1)Nc1ccc(F)cc1. The van der Waals surface area contributed by atoms with Gasteiger partial charge in [0, 0.05) is 17.5 Å². The maximum atomic E-state index is 13.0. The van der Waals surface area contributed by atoms with Gasteiger partial charge in [-0.2, -0.15) is 0 Å². The molecular weight excluding hydrogens is 469 g/mol. The highest BCUT2D eigenvalue weighted by molar-refractivity contribution is 8.01. The molecule has 0 aliphatic heterocycles. The highest BCUT2D eigenvalue weighted by Crippen LogP contribution is 2.32. The molecule has 0 aliphatic carbocycles. The number of hydrogen-bond donors (Lipinski definition) is 2. The third-order valence-corrected chi connectivity index (χ3v) is 7.26. The van der Waals surface area contributed by atoms with Crippen molar-refractivity contribution in [2.24, 2.45) is 4.99 Å². The zero-order chi connectivity index (χ0) is 23.5. The number of thiazole rings is 1. The van der Waals surface area contributed by atoms with Crippen LogP contribution in [0.3, 0.4) is 0 Å². The lowest BCUT2D eigenvalue weighted by Crippen LogP contribution is -2.13. The van der Waals surface area contributed by atoms with Crippen molar-refractivity contribution in [3.63, 3.8) is 0 Å². The van der Waals surface area contributed by atoms with E-state index in [1.54, 1.807) is 12.3 Å². The highest BCUT2D eigenvalue weighted by atomic mass is 32.2. The fourth-order valence-corrected chi connectivity index (χ4v) is 5.35. The van der Waals surface area contributed by atoms with Gasteiger partial charge in [0.2, 0.25) is 5.91 Å². The van der Waals surface area contributed by atoms with E-state index < -0.39 is 0 Å². The molecule has 0 atom stereocenters. The van der Waals surface area contributed by atoms with Crippen LogP contribution < -0.4 is 5.32 Å². The number of fused-ring (bicyclic) bond motifs is 2. The number of anilines is 1. The van der Waals surface area contributed by atoms with Crippen molar-refractivity contribution in [2.75, 3.05) is 11.1 Å². The van der Waals surface area contributed by atoms with E-state index in [-0.39, 0.29) is 23.2 Å². The lowest BCUT2D eigenvalue weighted by atomic mass is 10.0. The molecule has 8 heteroatoms. The Morgan fingerprint density at radius 3 is 2.76 bits per heavy atom. The number of nitrogens with zero attached hydrogens (tertiary/aromatic N) is 2. The van der Waals surface area contributed by atoms with Crippen LogP contribution in [0.4, 0.5) is 15.8 Å². The highest BCUT2D eigenvalue weighted by Gasteiger charge is 2.10. The molecule has 0 bridgehead atoms. The van der Waals surface area contributed by atoms with Crippen LogP contribution in [-0.4, -0.2) is 28.0 Å². The summed E-state index contributed by atoms with van der Waals surface area (Å²) in [5.41, 5.74) is 2.80. The van der Waals surface area contributed by atoms with Gasteiger partial charge in [-0.3, -0.25) is 9.79 Å². The molecule has 0 aliphatic rings. The van der Waals surface area contributed by atoms with Crippen LogP contribution in [0, 0.1) is 5.82 Å². The van der Waals surface area contributed by atoms with Gasteiger partial charge in [0.25, 0.3) is 0 Å². The van der Waals surface area contributed by atoms with E-state index in [0.29, 0.717) is 11.3 Å². The number of benzene rings is 4. The molecule has 0 saturated heterocycles. The topological polar surface area (TPSA) is 74.6 Å². The fraction of sp³-hybridized carbons (Fsp3) is 0.0385. The Morgan fingerprint density at radius 1 is 1.09 bits per heavy atom. The number of thioether (sulfide) groups is 1. The van der Waals surface area contributed by atoms with E-state index in [9.17, 15) is 14.3 Å². The largest absolute Gasteiger partial charge is 0.507 e. The summed E-state index contributed by atoms with van der Waals surface area (Å²) in [6.45, 7) is 0. The van der Waals surface area contributed by atoms with Crippen molar-refractivity contribution < 1.29 is 14.3 Å². The van der Waals surface area contributed by atoms with Crippen molar-refractivity contribution >= 4 is 67.6 Å². The first-order valence-corrected chi connectivity index (χ1v) is 12.2. The molecule has 5 nitrogen and oxygen atoms in total. The molecule has 1 amide bonds. The Kier molecular flexibility index (Phi) is 6.24. The average molecular weight is 488 g/mol. The first kappa shape index (κ1) is 22.1. The van der Waals surface area contributed by atoms with Crippen molar-refractivity contribution in [3.8, 4) is 5.75 Å². The van der Waals surface area contributed by atoms with Gasteiger partial charge in [0.1, 0.15) is 11.6 Å². The van der Waals surface area contributed by atoms with E-state index in [0.717, 1.165) is 31.0 Å². The standard InChI is InChI=1S/C26H18FN3O2S2/c27-17-6-8-18(9-7-17)29-25(32)15-33-26-30-22-11-10-19(13-24(22)34-26)28-14-21-20-4-2-1-3-16(20)5-12-23(21)31/h1-14,31H,15H2,(H,29,32). The van der Waals surface area contributed by atoms with Crippen LogP contribution in [0.2, 0.25) is 0 Å². The zero-order valence-corrected chi connectivity index (χ0v) is 19.4. The van der Waals surface area contributed by atoms with Crippen LogP contribution >= 0.6 is 23.1 Å². The lowest BCUT2D eigenvalue weighted by molar-refractivity contribution is -0.113. The Bertz CT molecular complexity index is 1530. The Hall–Kier alpha value is -3.75. The second-order valence-electron chi connectivity index (χ2n) is 7.45. The second-order valence-corrected chi connectivity index (χ2v) is 9.71. The number of phenols is 1. The minimum atomic E-state index is -0.348. The molecule has 5 rings (SSSR count). The number of carbonyl (C=O) groups excluding carboxylic acids is 1. The molecule has 168 valence electrons. The number of phenolic OH excluding ortho intramolecular Hbond substituents is 1. The van der Waals surface area contributed by atoms with Gasteiger partial charge in [0.15, 0.2) is 4.34 Å². The molecule has 4 aromatic carbocycles. The molecule has 34 heavy (non-hydrogen) atoms. The number of amides is 1. The normalized spacial score (nSPS) is 11.4. The van der Waals surface area contributed by atoms with Gasteiger partial charge in [0.05, 0.1) is 21.7 Å². The number of aliphatic imine (C=N–C) groups is 1. The molecule has 5 aromatic rings. The zero-order valence-electron chi connectivity index (χ0n) is 17.7. The van der Waals surface area contributed by atoms with Crippen molar-refractivity contribution in [2.45, 2.75) is 4.34 Å². The number of carbonyl (C=O) groups is 1. The Balaban J connectivity index is 1.29. The van der Waals surface area contributed by atoms with Gasteiger partial charge in [-0.25, -0.2) is 9.37 Å². The van der Waals surface area contributed by atoms with Crippen molar-refractivity contribution in [1.82, 2.24) is 4.98 Å². The molecule has 0 radical (unpaired) electrons. The quantitative estimate of drug-likeness (QED) is 0.205. The predicted molar refractivity (Wildman–Crippen MR) is 138 cm³/mol. The summed E-state index contributed by atoms with van der Waals surface area (Å²) in [7, 11) is 0. The number of aromatic nitrogens is 1. The van der Waals surface area contributed by atoms with Crippen LogP contribution in [-0.2, 0) is 4.79 Å². The minimum Gasteiger partial charge on any atom is -0.507 e. The smallest absolute Gasteiger partial charge is 0.234 e. The summed E-state index contributed by atoms with van der Waals surface area (Å²) >= 11 is 2.83. The number of halogens is 1. The number of hydrogen-bond acceptors (Lipinski definition) is 6. The molecule has 0 unspecified atom stereocenters. The van der Waals surface area contributed by atoms with E-state index >= 15 is 0 Å². The van der Waals surface area contributed by atoms with E-state index in [1.807, 2.05) is 48.5 Å². The van der Waals surface area contributed by atoms with Crippen molar-refractivity contribution in [1.29, 1.82) is 0 Å². The van der Waals surface area contributed by atoms with E-state index in [1.165, 1.54) is 47.4 Å². The van der Waals surface area contributed by atoms with Crippen LogP contribution in [0.15, 0.2) is 88.2 Å². The van der Waals surface area contributed by atoms with Gasteiger partial charge in [-0.15, -0.1) is 11.3 Å². The first-order valence-electron chi connectivity index (χ1n) is 10.4. The third-order valence-electron chi connectivity index (χ3n) is 5.10. The van der Waals surface area contributed by atoms with E-state index in [2.05, 4.69) is 15.3 Å². The predicted octanol–water partition coefficient (Wildman–Crippen LogP) is 6.78. The minimum absolute atomic E-state index is 0.180.